The third-order valence-electron chi connectivity index (χ3n) is 3.70. The van der Waals surface area contributed by atoms with Crippen molar-refractivity contribution in [2.75, 3.05) is 0 Å². The fraction of sp³-hybridized carbons (Fsp3) is 0.571. The van der Waals surface area contributed by atoms with E-state index in [1.165, 1.54) is 0 Å². The molecule has 0 aliphatic heterocycles. The Morgan fingerprint density at radius 1 is 0.429 bits per heavy atom. The van der Waals surface area contributed by atoms with E-state index in [2.05, 4.69) is 113 Å². The van der Waals surface area contributed by atoms with Crippen LogP contribution in [0.4, 0.5) is 0 Å². The number of aliphatic imine (C=N–C) groups is 4. The molecule has 2 rings (SSSR count). The van der Waals surface area contributed by atoms with Crippen LogP contribution in [-0.2, 0) is 16.8 Å². The van der Waals surface area contributed by atoms with Gasteiger partial charge in [-0.2, -0.15) is 0 Å². The summed E-state index contributed by atoms with van der Waals surface area (Å²) in [5, 5.41) is 0. The Morgan fingerprint density at radius 2 is 0.600 bits per heavy atom. The minimum atomic E-state index is -0.0569. The Labute approximate surface area is 223 Å². The van der Waals surface area contributed by atoms with E-state index in [9.17, 15) is 0 Å². The molecule has 195 valence electrons. The largest absolute Gasteiger partial charge is 2.00 e. The molecule has 0 atom stereocenters. The first-order chi connectivity index (χ1) is 15.3. The SMILES string of the molecule is CC(C)(C)N=Cc1ccc(C=NC(C)(C)C)[n-]1.CC(C)(C)N=Cc1ccc(C=NC(C)(C)C)[n-]1.[Co+2]. The zero-order chi connectivity index (χ0) is 26.2. The van der Waals surface area contributed by atoms with E-state index in [0.29, 0.717) is 0 Å². The predicted molar refractivity (Wildman–Crippen MR) is 149 cm³/mol. The molecule has 0 aliphatic rings. The third kappa shape index (κ3) is 17.8. The number of hydrogen-bond donors (Lipinski definition) is 0. The van der Waals surface area contributed by atoms with Gasteiger partial charge in [0.05, 0.1) is 22.2 Å². The number of aromatic nitrogens is 2. The summed E-state index contributed by atoms with van der Waals surface area (Å²) in [7, 11) is 0. The molecule has 2 heterocycles. The Hall–Kier alpha value is -2.25. The van der Waals surface area contributed by atoms with Crippen LogP contribution in [-0.4, -0.2) is 47.0 Å². The molecule has 0 fully saturated rings. The molecule has 0 amide bonds. The molecule has 0 aromatic carbocycles. The van der Waals surface area contributed by atoms with Gasteiger partial charge in [0.1, 0.15) is 0 Å². The summed E-state index contributed by atoms with van der Waals surface area (Å²) in [6, 6.07) is 7.83. The van der Waals surface area contributed by atoms with Gasteiger partial charge in [-0.15, -0.1) is 22.8 Å². The van der Waals surface area contributed by atoms with E-state index < -0.39 is 0 Å². The van der Waals surface area contributed by atoms with Crippen molar-refractivity contribution in [2.45, 2.75) is 105 Å². The molecule has 0 N–H and O–H groups in total. The minimum absolute atomic E-state index is 0. The second kappa shape index (κ2) is 13.2. The molecule has 2 aromatic heterocycles. The van der Waals surface area contributed by atoms with Gasteiger partial charge < -0.3 is 9.97 Å². The summed E-state index contributed by atoms with van der Waals surface area (Å²) in [5.74, 6) is 0. The average molecular weight is 524 g/mol. The monoisotopic (exact) mass is 523 g/mol. The van der Waals surface area contributed by atoms with Crippen LogP contribution in [0.1, 0.15) is 106 Å². The molecule has 1 radical (unpaired) electrons. The molecule has 0 spiro atoms. The van der Waals surface area contributed by atoms with E-state index in [0.717, 1.165) is 22.8 Å². The van der Waals surface area contributed by atoms with Crippen LogP contribution in [0.15, 0.2) is 44.2 Å². The maximum atomic E-state index is 4.42. The number of nitrogens with zero attached hydrogens (tertiary/aromatic N) is 6. The normalized spacial score (nSPS) is 13.6. The fourth-order valence-electron chi connectivity index (χ4n) is 2.12. The van der Waals surface area contributed by atoms with Gasteiger partial charge in [0, 0.05) is 24.9 Å². The maximum absolute atomic E-state index is 4.42. The summed E-state index contributed by atoms with van der Waals surface area (Å²) in [6.07, 6.45) is 7.26. The Balaban J connectivity index is 0.000000642. The molecule has 2 aromatic rings. The van der Waals surface area contributed by atoms with E-state index >= 15 is 0 Å². The van der Waals surface area contributed by atoms with Crippen LogP contribution in [0.25, 0.3) is 0 Å². The zero-order valence-corrected chi connectivity index (χ0v) is 24.7. The summed E-state index contributed by atoms with van der Waals surface area (Å²) in [5.41, 5.74) is 3.31. The predicted octanol–water partition coefficient (Wildman–Crippen LogP) is 6.15. The minimum Gasteiger partial charge on any atom is -0.655 e. The van der Waals surface area contributed by atoms with Crippen LogP contribution >= 0.6 is 0 Å². The van der Waals surface area contributed by atoms with Crippen LogP contribution in [0.2, 0.25) is 0 Å². The third-order valence-corrected chi connectivity index (χ3v) is 3.70. The number of hydrogen-bond acceptors (Lipinski definition) is 4. The van der Waals surface area contributed by atoms with E-state index in [1.807, 2.05) is 49.1 Å². The van der Waals surface area contributed by atoms with Crippen molar-refractivity contribution in [3.63, 3.8) is 0 Å². The first-order valence-corrected chi connectivity index (χ1v) is 11.8. The van der Waals surface area contributed by atoms with Gasteiger partial charge in [0.25, 0.3) is 0 Å². The van der Waals surface area contributed by atoms with Crippen molar-refractivity contribution >= 4 is 24.9 Å². The topological polar surface area (TPSA) is 77.6 Å². The van der Waals surface area contributed by atoms with Crippen molar-refractivity contribution < 1.29 is 16.8 Å². The molecular formula is C28H44CoN6. The molecular weight excluding hydrogens is 479 g/mol. The molecule has 0 aliphatic carbocycles. The van der Waals surface area contributed by atoms with Crippen molar-refractivity contribution in [3.05, 3.63) is 47.0 Å². The quantitative estimate of drug-likeness (QED) is 0.451. The Morgan fingerprint density at radius 3 is 0.743 bits per heavy atom. The van der Waals surface area contributed by atoms with Crippen molar-refractivity contribution in [1.29, 1.82) is 0 Å². The molecule has 0 saturated heterocycles. The van der Waals surface area contributed by atoms with Gasteiger partial charge in [-0.1, -0.05) is 24.3 Å². The summed E-state index contributed by atoms with van der Waals surface area (Å²) in [4.78, 5) is 26.5. The summed E-state index contributed by atoms with van der Waals surface area (Å²) in [6.45, 7) is 24.8. The van der Waals surface area contributed by atoms with Crippen LogP contribution in [0.3, 0.4) is 0 Å². The van der Waals surface area contributed by atoms with Gasteiger partial charge in [0.15, 0.2) is 0 Å². The smallest absolute Gasteiger partial charge is 0.655 e. The van der Waals surface area contributed by atoms with Gasteiger partial charge in [-0.3, -0.25) is 20.0 Å². The summed E-state index contributed by atoms with van der Waals surface area (Å²) < 4.78 is 0. The van der Waals surface area contributed by atoms with Gasteiger partial charge >= 0.3 is 16.8 Å². The van der Waals surface area contributed by atoms with Gasteiger partial charge in [0.2, 0.25) is 0 Å². The molecule has 6 nitrogen and oxygen atoms in total. The average Bonchev–Trinajstić information content (AvgIpc) is 3.29. The van der Waals surface area contributed by atoms with Crippen molar-refractivity contribution in [3.8, 4) is 0 Å². The van der Waals surface area contributed by atoms with Gasteiger partial charge in [-0.25, -0.2) is 0 Å². The van der Waals surface area contributed by atoms with Crippen LogP contribution in [0, 0.1) is 0 Å². The van der Waals surface area contributed by atoms with Crippen LogP contribution in [0.5, 0.6) is 0 Å². The zero-order valence-electron chi connectivity index (χ0n) is 23.6. The molecule has 35 heavy (non-hydrogen) atoms. The molecule has 0 saturated carbocycles. The van der Waals surface area contributed by atoms with Crippen molar-refractivity contribution in [2.24, 2.45) is 20.0 Å². The van der Waals surface area contributed by atoms with Crippen molar-refractivity contribution in [1.82, 2.24) is 9.97 Å². The van der Waals surface area contributed by atoms with E-state index in [1.54, 1.807) is 0 Å². The second-order valence-electron chi connectivity index (χ2n) is 12.3. The van der Waals surface area contributed by atoms with E-state index in [4.69, 9.17) is 0 Å². The van der Waals surface area contributed by atoms with Gasteiger partial charge in [-0.05, 0) is 83.1 Å². The Bertz CT molecular complexity index is 835. The first-order valence-electron chi connectivity index (χ1n) is 11.8. The fourth-order valence-corrected chi connectivity index (χ4v) is 2.12. The molecule has 7 heteroatoms. The molecule has 0 bridgehead atoms. The maximum Gasteiger partial charge on any atom is 2.00 e. The standard InChI is InChI=1S/2C14H22N3.Co/c2*1-13(2,3)15-9-11-7-8-12(17-11)10-16-14(4,5)6;/h2*7-10H,1-6H3;/q2*-1;+2. The Kier molecular flexibility index (Phi) is 12.3. The summed E-state index contributed by atoms with van der Waals surface area (Å²) >= 11 is 0. The molecule has 0 unspecified atom stereocenters. The number of rotatable bonds is 4. The van der Waals surface area contributed by atoms with Crippen LogP contribution < -0.4 is 9.97 Å². The van der Waals surface area contributed by atoms with E-state index in [-0.39, 0.29) is 38.9 Å². The second-order valence-corrected chi connectivity index (χ2v) is 12.3. The first kappa shape index (κ1) is 32.7.